The number of nitrogens with two attached hydrogens (primary N) is 1. The minimum Gasteiger partial charge on any atom is -0.460 e. The Kier molecular flexibility index (Phi) is 5.51. The second-order valence-corrected chi connectivity index (χ2v) is 8.63. The number of halogens is 2. The van der Waals surface area contributed by atoms with Crippen molar-refractivity contribution in [3.05, 3.63) is 92.0 Å². The predicted octanol–water partition coefficient (Wildman–Crippen LogP) is 5.14. The summed E-state index contributed by atoms with van der Waals surface area (Å²) in [6, 6.07) is 16.6. The molecule has 0 spiro atoms. The second kappa shape index (κ2) is 8.47. The van der Waals surface area contributed by atoms with Gasteiger partial charge in [-0.3, -0.25) is 9.69 Å². The van der Waals surface area contributed by atoms with E-state index < -0.39 is 0 Å². The number of rotatable bonds is 4. The molecular weight excluding hydrogens is 447 g/mol. The molecule has 162 valence electrons. The summed E-state index contributed by atoms with van der Waals surface area (Å²) in [5.41, 5.74) is 9.56. The van der Waals surface area contributed by atoms with E-state index in [4.69, 9.17) is 38.3 Å². The standard InChI is InChI=1S/C24H20Cl2N4O2/c25-19-7-3-15(11-20(19)26)22-8-6-17(32-22)12-30-10-9-21-18(13-30)24(31)29-23(28-21)14-1-4-16(27)5-2-14/h1-8,11H,9-10,12-13,27H2,(H,28,29,31). The molecule has 5 rings (SSSR count). The molecule has 0 saturated heterocycles. The Labute approximate surface area is 194 Å². The Hall–Kier alpha value is -3.06. The second-order valence-electron chi connectivity index (χ2n) is 7.82. The van der Waals surface area contributed by atoms with Crippen LogP contribution in [0.5, 0.6) is 0 Å². The van der Waals surface area contributed by atoms with E-state index in [1.165, 1.54) is 0 Å². The van der Waals surface area contributed by atoms with E-state index in [9.17, 15) is 4.79 Å². The van der Waals surface area contributed by atoms with Crippen LogP contribution >= 0.6 is 23.2 Å². The molecule has 0 saturated carbocycles. The summed E-state index contributed by atoms with van der Waals surface area (Å²) < 4.78 is 6.02. The van der Waals surface area contributed by atoms with E-state index in [2.05, 4.69) is 9.88 Å². The van der Waals surface area contributed by atoms with Crippen LogP contribution < -0.4 is 11.3 Å². The molecule has 1 aliphatic rings. The highest BCUT2D eigenvalue weighted by molar-refractivity contribution is 6.42. The van der Waals surface area contributed by atoms with Gasteiger partial charge in [-0.15, -0.1) is 0 Å². The number of nitrogens with zero attached hydrogens (tertiary/aromatic N) is 2. The van der Waals surface area contributed by atoms with Crippen molar-refractivity contribution in [3.8, 4) is 22.7 Å². The van der Waals surface area contributed by atoms with Gasteiger partial charge in [-0.05, 0) is 54.6 Å². The molecule has 32 heavy (non-hydrogen) atoms. The number of H-pyrrole nitrogens is 1. The first kappa shape index (κ1) is 20.8. The molecule has 0 amide bonds. The van der Waals surface area contributed by atoms with Crippen molar-refractivity contribution in [2.24, 2.45) is 0 Å². The molecule has 0 radical (unpaired) electrons. The topological polar surface area (TPSA) is 88.1 Å². The van der Waals surface area contributed by atoms with Gasteiger partial charge in [0.05, 0.1) is 27.8 Å². The Morgan fingerprint density at radius 3 is 2.59 bits per heavy atom. The van der Waals surface area contributed by atoms with Crippen molar-refractivity contribution in [1.29, 1.82) is 0 Å². The highest BCUT2D eigenvalue weighted by Gasteiger charge is 2.22. The van der Waals surface area contributed by atoms with Crippen molar-refractivity contribution >= 4 is 28.9 Å². The quantitative estimate of drug-likeness (QED) is 0.406. The normalized spacial score (nSPS) is 13.8. The molecule has 6 nitrogen and oxygen atoms in total. The summed E-state index contributed by atoms with van der Waals surface area (Å²) in [7, 11) is 0. The number of aromatic amines is 1. The molecule has 1 aliphatic heterocycles. The lowest BCUT2D eigenvalue weighted by atomic mass is 10.1. The number of nitrogen functional groups attached to an aromatic ring is 1. The first-order valence-electron chi connectivity index (χ1n) is 10.2. The minimum absolute atomic E-state index is 0.109. The fraction of sp³-hybridized carbons (Fsp3) is 0.167. The van der Waals surface area contributed by atoms with Gasteiger partial charge < -0.3 is 15.1 Å². The van der Waals surface area contributed by atoms with E-state index in [0.29, 0.717) is 46.6 Å². The van der Waals surface area contributed by atoms with Crippen LogP contribution in [-0.2, 0) is 19.5 Å². The third-order valence-corrected chi connectivity index (χ3v) is 6.32. The number of aromatic nitrogens is 2. The summed E-state index contributed by atoms with van der Waals surface area (Å²) in [6.07, 6.45) is 0.696. The number of nitrogens with one attached hydrogen (secondary N) is 1. The zero-order valence-corrected chi connectivity index (χ0v) is 18.6. The number of hydrogen-bond donors (Lipinski definition) is 2. The average Bonchev–Trinajstić information content (AvgIpc) is 3.25. The molecule has 4 aromatic rings. The molecule has 3 heterocycles. The molecule has 0 unspecified atom stereocenters. The van der Waals surface area contributed by atoms with Gasteiger partial charge in [-0.25, -0.2) is 4.98 Å². The SMILES string of the molecule is Nc1ccc(-c2nc3c(c(=O)[nH]2)CN(Cc2ccc(-c4ccc(Cl)c(Cl)c4)o2)CC3)cc1. The van der Waals surface area contributed by atoms with Crippen LogP contribution in [-0.4, -0.2) is 21.4 Å². The van der Waals surface area contributed by atoms with Crippen molar-refractivity contribution in [2.45, 2.75) is 19.5 Å². The first-order valence-corrected chi connectivity index (χ1v) is 11.0. The maximum Gasteiger partial charge on any atom is 0.255 e. The number of furan rings is 1. The van der Waals surface area contributed by atoms with Crippen molar-refractivity contribution in [3.63, 3.8) is 0 Å². The van der Waals surface area contributed by atoms with Crippen LogP contribution in [0.1, 0.15) is 17.0 Å². The molecule has 2 aromatic carbocycles. The number of fused-ring (bicyclic) bond motifs is 1. The fourth-order valence-corrected chi connectivity index (χ4v) is 4.18. The zero-order chi connectivity index (χ0) is 22.2. The average molecular weight is 467 g/mol. The summed E-state index contributed by atoms with van der Waals surface area (Å²) in [4.78, 5) is 22.6. The number of hydrogen-bond acceptors (Lipinski definition) is 5. The smallest absolute Gasteiger partial charge is 0.255 e. The van der Waals surface area contributed by atoms with Gasteiger partial charge in [-0.1, -0.05) is 23.2 Å². The first-order chi connectivity index (χ1) is 15.5. The molecule has 0 aliphatic carbocycles. The molecule has 0 atom stereocenters. The van der Waals surface area contributed by atoms with Gasteiger partial charge in [0.1, 0.15) is 17.3 Å². The Balaban J connectivity index is 1.33. The molecule has 2 aromatic heterocycles. The monoisotopic (exact) mass is 466 g/mol. The third kappa shape index (κ3) is 4.17. The van der Waals surface area contributed by atoms with Crippen molar-refractivity contribution < 1.29 is 4.42 Å². The minimum atomic E-state index is -0.109. The van der Waals surface area contributed by atoms with Gasteiger partial charge in [0.15, 0.2) is 0 Å². The Bertz CT molecular complexity index is 1350. The summed E-state index contributed by atoms with van der Waals surface area (Å²) in [5.74, 6) is 2.11. The zero-order valence-electron chi connectivity index (χ0n) is 17.1. The highest BCUT2D eigenvalue weighted by Crippen LogP contribution is 2.30. The van der Waals surface area contributed by atoms with E-state index >= 15 is 0 Å². The van der Waals surface area contributed by atoms with Crippen LogP contribution in [0.4, 0.5) is 5.69 Å². The highest BCUT2D eigenvalue weighted by atomic mass is 35.5. The largest absolute Gasteiger partial charge is 0.460 e. The van der Waals surface area contributed by atoms with Crippen LogP contribution in [0.25, 0.3) is 22.7 Å². The Morgan fingerprint density at radius 2 is 1.81 bits per heavy atom. The molecule has 0 fully saturated rings. The van der Waals surface area contributed by atoms with E-state index in [1.807, 2.05) is 30.3 Å². The maximum absolute atomic E-state index is 12.8. The molecular formula is C24H20Cl2N4O2. The van der Waals surface area contributed by atoms with E-state index in [1.54, 1.807) is 24.3 Å². The lowest BCUT2D eigenvalue weighted by Gasteiger charge is -2.26. The lowest BCUT2D eigenvalue weighted by Crippen LogP contribution is -2.35. The summed E-state index contributed by atoms with van der Waals surface area (Å²) >= 11 is 12.1. The summed E-state index contributed by atoms with van der Waals surface area (Å²) in [6.45, 7) is 1.90. The van der Waals surface area contributed by atoms with Crippen LogP contribution in [0.15, 0.2) is 63.8 Å². The van der Waals surface area contributed by atoms with Gasteiger partial charge in [0.25, 0.3) is 5.56 Å². The Morgan fingerprint density at radius 1 is 1.03 bits per heavy atom. The van der Waals surface area contributed by atoms with Crippen LogP contribution in [0.2, 0.25) is 10.0 Å². The van der Waals surface area contributed by atoms with Crippen LogP contribution in [0.3, 0.4) is 0 Å². The van der Waals surface area contributed by atoms with Crippen LogP contribution in [0, 0.1) is 0 Å². The molecule has 0 bridgehead atoms. The molecule has 8 heteroatoms. The van der Waals surface area contributed by atoms with Gasteiger partial charge >= 0.3 is 0 Å². The number of benzene rings is 2. The van der Waals surface area contributed by atoms with Gasteiger partial charge in [-0.2, -0.15) is 0 Å². The third-order valence-electron chi connectivity index (χ3n) is 5.58. The van der Waals surface area contributed by atoms with Gasteiger partial charge in [0.2, 0.25) is 0 Å². The summed E-state index contributed by atoms with van der Waals surface area (Å²) in [5, 5.41) is 0.993. The van der Waals surface area contributed by atoms with E-state index in [-0.39, 0.29) is 5.56 Å². The predicted molar refractivity (Wildman–Crippen MR) is 127 cm³/mol. The van der Waals surface area contributed by atoms with Gasteiger partial charge in [0, 0.05) is 36.3 Å². The van der Waals surface area contributed by atoms with Crippen molar-refractivity contribution in [1.82, 2.24) is 14.9 Å². The number of anilines is 1. The van der Waals surface area contributed by atoms with Crippen molar-refractivity contribution in [2.75, 3.05) is 12.3 Å². The fourth-order valence-electron chi connectivity index (χ4n) is 3.88. The lowest BCUT2D eigenvalue weighted by molar-refractivity contribution is 0.223. The van der Waals surface area contributed by atoms with E-state index in [0.717, 1.165) is 34.9 Å². The maximum atomic E-state index is 12.8. The molecule has 3 N–H and O–H groups in total.